The van der Waals surface area contributed by atoms with Crippen molar-refractivity contribution in [2.45, 2.75) is 24.1 Å². The van der Waals surface area contributed by atoms with Crippen LogP contribution in [0.5, 0.6) is 0 Å². The van der Waals surface area contributed by atoms with Crippen LogP contribution in [0.3, 0.4) is 0 Å². The molecule has 0 saturated carbocycles. The Labute approximate surface area is 155 Å². The second-order valence-corrected chi connectivity index (χ2v) is 7.64. The van der Waals surface area contributed by atoms with E-state index in [1.807, 2.05) is 31.2 Å². The van der Waals surface area contributed by atoms with Gasteiger partial charge in [0.15, 0.2) is 5.82 Å². The summed E-state index contributed by atoms with van der Waals surface area (Å²) in [5.41, 5.74) is 2.15. The van der Waals surface area contributed by atoms with Crippen LogP contribution in [0.4, 0.5) is 4.39 Å². The van der Waals surface area contributed by atoms with Crippen LogP contribution >= 0.6 is 11.6 Å². The lowest BCUT2D eigenvalue weighted by molar-refractivity contribution is 0.587. The molecule has 2 N–H and O–H groups in total. The van der Waals surface area contributed by atoms with Crippen molar-refractivity contribution in [3.8, 4) is 5.69 Å². The molecule has 0 aliphatic carbocycles. The highest BCUT2D eigenvalue weighted by molar-refractivity contribution is 7.89. The number of nitrogens with zero attached hydrogens (tertiary/aromatic N) is 3. The first-order valence-corrected chi connectivity index (χ1v) is 9.75. The van der Waals surface area contributed by atoms with Gasteiger partial charge in [-0.2, -0.15) is 0 Å². The van der Waals surface area contributed by atoms with E-state index in [1.165, 1.54) is 16.8 Å². The molecule has 0 radical (unpaired) electrons. The molecule has 3 rings (SSSR count). The van der Waals surface area contributed by atoms with E-state index in [0.717, 1.165) is 17.2 Å². The van der Waals surface area contributed by atoms with Gasteiger partial charge in [0.05, 0.1) is 10.8 Å². The number of primary sulfonamides is 1. The predicted octanol–water partition coefficient (Wildman–Crippen LogP) is 2.69. The van der Waals surface area contributed by atoms with E-state index in [0.29, 0.717) is 18.1 Å². The quantitative estimate of drug-likeness (QED) is 0.673. The second kappa shape index (κ2) is 7.14. The molecule has 0 aliphatic rings. The maximum absolute atomic E-state index is 14.5. The summed E-state index contributed by atoms with van der Waals surface area (Å²) in [6.45, 7) is 1.98. The van der Waals surface area contributed by atoms with E-state index in [9.17, 15) is 12.8 Å². The molecule has 136 valence electrons. The van der Waals surface area contributed by atoms with Crippen LogP contribution in [0, 0.1) is 12.7 Å². The summed E-state index contributed by atoms with van der Waals surface area (Å²) < 4.78 is 38.6. The highest BCUT2D eigenvalue weighted by Gasteiger charge is 2.17. The lowest BCUT2D eigenvalue weighted by Crippen LogP contribution is -2.13. The number of rotatable bonds is 5. The number of hydrogen-bond donors (Lipinski definition) is 1. The summed E-state index contributed by atoms with van der Waals surface area (Å²) in [5, 5.41) is 9.26. The second-order valence-electron chi connectivity index (χ2n) is 5.81. The fourth-order valence-corrected chi connectivity index (χ4v) is 3.24. The minimum Gasteiger partial charge on any atom is -0.225 e. The maximum atomic E-state index is 14.5. The predicted molar refractivity (Wildman–Crippen MR) is 96.2 cm³/mol. The molecular weight excluding hydrogens is 379 g/mol. The SMILES string of the molecule is Cc1cccc(Cc2nc(CCl)nn2-c2ccc(S(N)(=O)=O)cc2F)c1. The molecule has 6 nitrogen and oxygen atoms in total. The number of nitrogens with two attached hydrogens (primary N) is 1. The van der Waals surface area contributed by atoms with Gasteiger partial charge >= 0.3 is 0 Å². The van der Waals surface area contributed by atoms with E-state index in [4.69, 9.17) is 16.7 Å². The summed E-state index contributed by atoms with van der Waals surface area (Å²) in [5.74, 6) is 0.149. The summed E-state index contributed by atoms with van der Waals surface area (Å²) >= 11 is 5.82. The Hall–Kier alpha value is -2.29. The molecule has 1 aromatic heterocycles. The van der Waals surface area contributed by atoms with Crippen molar-refractivity contribution in [2.24, 2.45) is 5.14 Å². The summed E-state index contributed by atoms with van der Waals surface area (Å²) in [6.07, 6.45) is 0.419. The third kappa shape index (κ3) is 3.92. The average molecular weight is 395 g/mol. The van der Waals surface area contributed by atoms with Gasteiger partial charge in [-0.3, -0.25) is 0 Å². The standard InChI is InChI=1S/C17H16ClFN4O2S/c1-11-3-2-4-12(7-11)8-17-21-16(10-18)22-23(17)15-6-5-13(9-14(15)19)26(20,24)25/h2-7,9H,8,10H2,1H3,(H2,20,24,25). The zero-order chi connectivity index (χ0) is 18.9. The number of aryl methyl sites for hydroxylation is 1. The molecule has 9 heteroatoms. The van der Waals surface area contributed by atoms with Crippen molar-refractivity contribution in [3.63, 3.8) is 0 Å². The fourth-order valence-electron chi connectivity index (χ4n) is 2.60. The summed E-state index contributed by atoms with van der Waals surface area (Å²) in [7, 11) is -3.99. The third-order valence-electron chi connectivity index (χ3n) is 3.76. The molecular formula is C17H16ClFN4O2S. The Balaban J connectivity index is 2.06. The van der Waals surface area contributed by atoms with Crippen LogP contribution in [0.25, 0.3) is 5.69 Å². The van der Waals surface area contributed by atoms with E-state index in [2.05, 4.69) is 10.1 Å². The first-order chi connectivity index (χ1) is 12.3. The first kappa shape index (κ1) is 18.5. The van der Waals surface area contributed by atoms with Gasteiger partial charge in [0, 0.05) is 6.42 Å². The third-order valence-corrected chi connectivity index (χ3v) is 4.91. The van der Waals surface area contributed by atoms with Crippen LogP contribution < -0.4 is 5.14 Å². The molecule has 0 aliphatic heterocycles. The molecule has 0 unspecified atom stereocenters. The zero-order valence-corrected chi connectivity index (χ0v) is 15.4. The molecule has 1 heterocycles. The Morgan fingerprint density at radius 3 is 2.62 bits per heavy atom. The van der Waals surface area contributed by atoms with Crippen LogP contribution in [-0.2, 0) is 22.3 Å². The van der Waals surface area contributed by atoms with Crippen LogP contribution in [0.15, 0.2) is 47.4 Å². The first-order valence-electron chi connectivity index (χ1n) is 7.67. The van der Waals surface area contributed by atoms with E-state index < -0.39 is 15.8 Å². The minimum atomic E-state index is -3.99. The number of aromatic nitrogens is 3. The van der Waals surface area contributed by atoms with Crippen molar-refractivity contribution >= 4 is 21.6 Å². The van der Waals surface area contributed by atoms with Gasteiger partial charge in [-0.15, -0.1) is 16.7 Å². The van der Waals surface area contributed by atoms with Crippen molar-refractivity contribution < 1.29 is 12.8 Å². The molecule has 3 aromatic rings. The number of hydrogen-bond acceptors (Lipinski definition) is 4. The Morgan fingerprint density at radius 2 is 2.00 bits per heavy atom. The van der Waals surface area contributed by atoms with Gasteiger partial charge in [0.1, 0.15) is 17.3 Å². The Morgan fingerprint density at radius 1 is 1.23 bits per heavy atom. The lowest BCUT2D eigenvalue weighted by atomic mass is 10.1. The molecule has 0 bridgehead atoms. The zero-order valence-electron chi connectivity index (χ0n) is 13.9. The smallest absolute Gasteiger partial charge is 0.225 e. The number of halogens is 2. The van der Waals surface area contributed by atoms with Gasteiger partial charge in [-0.05, 0) is 30.7 Å². The fraction of sp³-hybridized carbons (Fsp3) is 0.176. The van der Waals surface area contributed by atoms with Gasteiger partial charge in [0.2, 0.25) is 10.0 Å². The van der Waals surface area contributed by atoms with Crippen LogP contribution in [-0.4, -0.2) is 23.2 Å². The topological polar surface area (TPSA) is 90.9 Å². The Bertz CT molecular complexity index is 1070. The summed E-state index contributed by atoms with van der Waals surface area (Å²) in [6, 6.07) is 11.2. The molecule has 0 amide bonds. The van der Waals surface area contributed by atoms with Gasteiger partial charge in [0.25, 0.3) is 0 Å². The van der Waals surface area contributed by atoms with Gasteiger partial charge in [-0.25, -0.2) is 27.6 Å². The lowest BCUT2D eigenvalue weighted by Gasteiger charge is -2.09. The maximum Gasteiger partial charge on any atom is 0.238 e. The highest BCUT2D eigenvalue weighted by Crippen LogP contribution is 2.20. The number of benzene rings is 2. The number of sulfonamides is 1. The van der Waals surface area contributed by atoms with Crippen molar-refractivity contribution in [2.75, 3.05) is 0 Å². The molecule has 26 heavy (non-hydrogen) atoms. The molecule has 0 saturated heterocycles. The van der Waals surface area contributed by atoms with Crippen LogP contribution in [0.1, 0.15) is 22.8 Å². The molecule has 0 spiro atoms. The minimum absolute atomic E-state index is 0.0731. The Kier molecular flexibility index (Phi) is 5.08. The van der Waals surface area contributed by atoms with Crippen molar-refractivity contribution in [1.82, 2.24) is 14.8 Å². The molecule has 0 fully saturated rings. The van der Waals surface area contributed by atoms with Crippen molar-refractivity contribution in [1.29, 1.82) is 0 Å². The molecule has 0 atom stereocenters. The summed E-state index contributed by atoms with van der Waals surface area (Å²) in [4.78, 5) is 4.04. The van der Waals surface area contributed by atoms with Gasteiger partial charge < -0.3 is 0 Å². The average Bonchev–Trinajstić information content (AvgIpc) is 2.96. The van der Waals surface area contributed by atoms with Crippen LogP contribution in [0.2, 0.25) is 0 Å². The van der Waals surface area contributed by atoms with E-state index in [-0.39, 0.29) is 16.5 Å². The largest absolute Gasteiger partial charge is 0.238 e. The van der Waals surface area contributed by atoms with Gasteiger partial charge in [-0.1, -0.05) is 29.8 Å². The highest BCUT2D eigenvalue weighted by atomic mass is 35.5. The van der Waals surface area contributed by atoms with E-state index >= 15 is 0 Å². The van der Waals surface area contributed by atoms with Crippen molar-refractivity contribution in [3.05, 3.63) is 71.1 Å². The van der Waals surface area contributed by atoms with E-state index in [1.54, 1.807) is 0 Å². The normalized spacial score (nSPS) is 11.7. The number of alkyl halides is 1. The molecule has 2 aromatic carbocycles. The monoisotopic (exact) mass is 394 g/mol.